The maximum Gasteiger partial charge on any atom is 0.254 e. The number of nitrogens with zero attached hydrogens (tertiary/aromatic N) is 1. The predicted molar refractivity (Wildman–Crippen MR) is 64.3 cm³/mol. The summed E-state index contributed by atoms with van der Waals surface area (Å²) in [5, 5.41) is 8.96. The highest BCUT2D eigenvalue weighted by Gasteiger charge is 2.22. The molecule has 0 fully saturated rings. The predicted octanol–water partition coefficient (Wildman–Crippen LogP) is 1.08. The van der Waals surface area contributed by atoms with Gasteiger partial charge in [-0.15, -0.1) is 0 Å². The Morgan fingerprint density at radius 1 is 1.47 bits per heavy atom. The number of β-amino-alcohol motifs (C(OH)–C–C–N with tert-alkyl or cyclic N) is 1. The molecule has 1 aromatic rings. The molecule has 92 valence electrons. The lowest BCUT2D eigenvalue weighted by molar-refractivity contribution is 0.0727. The van der Waals surface area contributed by atoms with Crippen LogP contribution in [-0.2, 0) is 6.42 Å². The Balaban J connectivity index is 2.35. The minimum absolute atomic E-state index is 0.00500. The van der Waals surface area contributed by atoms with Crippen LogP contribution in [0.15, 0.2) is 18.2 Å². The number of benzene rings is 1. The van der Waals surface area contributed by atoms with Crippen LogP contribution in [0.25, 0.3) is 0 Å². The minimum atomic E-state index is -0.00884. The topological polar surface area (TPSA) is 49.8 Å². The van der Waals surface area contributed by atoms with Crippen molar-refractivity contribution in [1.29, 1.82) is 0 Å². The van der Waals surface area contributed by atoms with Gasteiger partial charge in [-0.2, -0.15) is 0 Å². The number of rotatable bonds is 3. The van der Waals surface area contributed by atoms with E-state index in [1.54, 1.807) is 18.1 Å². The van der Waals surface area contributed by atoms with Crippen LogP contribution >= 0.6 is 0 Å². The quantitative estimate of drug-likeness (QED) is 0.852. The Morgan fingerprint density at radius 3 is 3.00 bits per heavy atom. The van der Waals surface area contributed by atoms with Gasteiger partial charge in [-0.1, -0.05) is 6.07 Å². The zero-order chi connectivity index (χ0) is 12.3. The van der Waals surface area contributed by atoms with Crippen LogP contribution < -0.4 is 4.74 Å². The average molecular weight is 235 g/mol. The van der Waals surface area contributed by atoms with Crippen molar-refractivity contribution >= 4 is 5.91 Å². The second-order valence-electron chi connectivity index (χ2n) is 4.14. The highest BCUT2D eigenvalue weighted by atomic mass is 16.5. The molecule has 4 nitrogen and oxygen atoms in total. The number of ether oxygens (including phenoxy) is 1. The molecule has 1 aromatic carbocycles. The Morgan fingerprint density at radius 2 is 2.29 bits per heavy atom. The third kappa shape index (κ3) is 2.42. The molecule has 1 aliphatic rings. The van der Waals surface area contributed by atoms with Crippen LogP contribution in [0.3, 0.4) is 0 Å². The molecule has 0 aromatic heterocycles. The summed E-state index contributed by atoms with van der Waals surface area (Å²) in [6, 6.07) is 5.62. The van der Waals surface area contributed by atoms with Crippen molar-refractivity contribution < 1.29 is 14.6 Å². The summed E-state index contributed by atoms with van der Waals surface area (Å²) in [4.78, 5) is 14.0. The SMILES string of the molecule is COc1ccc2c(c1)C(=O)N(CCO)CCC2. The van der Waals surface area contributed by atoms with Crippen molar-refractivity contribution in [3.05, 3.63) is 29.3 Å². The van der Waals surface area contributed by atoms with Gasteiger partial charge in [-0.05, 0) is 30.5 Å². The van der Waals surface area contributed by atoms with E-state index >= 15 is 0 Å². The Hall–Kier alpha value is -1.55. The van der Waals surface area contributed by atoms with Crippen molar-refractivity contribution in [3.63, 3.8) is 0 Å². The van der Waals surface area contributed by atoms with Gasteiger partial charge in [0.25, 0.3) is 5.91 Å². The first-order valence-electron chi connectivity index (χ1n) is 5.83. The maximum atomic E-state index is 12.3. The number of aryl methyl sites for hydroxylation is 1. The fourth-order valence-corrected chi connectivity index (χ4v) is 2.17. The summed E-state index contributed by atoms with van der Waals surface area (Å²) in [5.41, 5.74) is 1.77. The Kier molecular flexibility index (Phi) is 3.64. The molecule has 0 atom stereocenters. The number of hydrogen-bond donors (Lipinski definition) is 1. The molecule has 4 heteroatoms. The molecule has 1 aliphatic heterocycles. The smallest absolute Gasteiger partial charge is 0.254 e. The van der Waals surface area contributed by atoms with Crippen molar-refractivity contribution in [2.75, 3.05) is 26.8 Å². The zero-order valence-corrected chi connectivity index (χ0v) is 9.98. The molecule has 1 N–H and O–H groups in total. The Labute approximate surface area is 101 Å². The largest absolute Gasteiger partial charge is 0.497 e. The molecule has 1 amide bonds. The van der Waals surface area contributed by atoms with Gasteiger partial charge in [0.05, 0.1) is 13.7 Å². The molecule has 0 spiro atoms. The van der Waals surface area contributed by atoms with E-state index in [0.29, 0.717) is 24.4 Å². The van der Waals surface area contributed by atoms with Crippen LogP contribution in [0.5, 0.6) is 5.75 Å². The molecule has 2 rings (SSSR count). The summed E-state index contributed by atoms with van der Waals surface area (Å²) in [5.74, 6) is 0.688. The summed E-state index contributed by atoms with van der Waals surface area (Å²) in [6.07, 6.45) is 1.83. The van der Waals surface area contributed by atoms with E-state index in [2.05, 4.69) is 0 Å². The number of carbonyl (C=O) groups excluding carboxylic acids is 1. The maximum absolute atomic E-state index is 12.3. The molecular formula is C13H17NO3. The van der Waals surface area contributed by atoms with Gasteiger partial charge in [0.2, 0.25) is 0 Å². The average Bonchev–Trinajstić information content (AvgIpc) is 2.51. The lowest BCUT2D eigenvalue weighted by Gasteiger charge is -2.19. The lowest BCUT2D eigenvalue weighted by atomic mass is 10.0. The van der Waals surface area contributed by atoms with Gasteiger partial charge in [-0.3, -0.25) is 4.79 Å². The van der Waals surface area contributed by atoms with Crippen molar-refractivity contribution in [2.45, 2.75) is 12.8 Å². The van der Waals surface area contributed by atoms with Gasteiger partial charge >= 0.3 is 0 Å². The van der Waals surface area contributed by atoms with Crippen LogP contribution in [0, 0.1) is 0 Å². The number of carbonyl (C=O) groups is 1. The number of aliphatic hydroxyl groups is 1. The summed E-state index contributed by atoms with van der Waals surface area (Å²) in [6.45, 7) is 1.11. The van der Waals surface area contributed by atoms with Gasteiger partial charge in [-0.25, -0.2) is 0 Å². The van der Waals surface area contributed by atoms with E-state index in [1.807, 2.05) is 12.1 Å². The van der Waals surface area contributed by atoms with Gasteiger partial charge < -0.3 is 14.7 Å². The molecule has 17 heavy (non-hydrogen) atoms. The number of hydrogen-bond acceptors (Lipinski definition) is 3. The highest BCUT2D eigenvalue weighted by Crippen LogP contribution is 2.23. The van der Waals surface area contributed by atoms with Crippen LogP contribution in [0.1, 0.15) is 22.3 Å². The molecule has 0 radical (unpaired) electrons. The van der Waals surface area contributed by atoms with E-state index in [-0.39, 0.29) is 12.5 Å². The molecule has 0 bridgehead atoms. The molecule has 0 saturated heterocycles. The highest BCUT2D eigenvalue weighted by molar-refractivity contribution is 5.96. The van der Waals surface area contributed by atoms with Crippen LogP contribution in [0.4, 0.5) is 0 Å². The number of aliphatic hydroxyl groups excluding tert-OH is 1. The van der Waals surface area contributed by atoms with E-state index in [4.69, 9.17) is 9.84 Å². The second kappa shape index (κ2) is 5.19. The first-order chi connectivity index (χ1) is 8.26. The van der Waals surface area contributed by atoms with Crippen molar-refractivity contribution in [3.8, 4) is 5.75 Å². The molecule has 0 saturated carbocycles. The van der Waals surface area contributed by atoms with Crippen LogP contribution in [-0.4, -0.2) is 42.7 Å². The fourth-order valence-electron chi connectivity index (χ4n) is 2.17. The molecule has 0 aliphatic carbocycles. The summed E-state index contributed by atoms with van der Waals surface area (Å²) in [7, 11) is 1.59. The van der Waals surface area contributed by atoms with E-state index in [0.717, 1.165) is 18.4 Å². The molecular weight excluding hydrogens is 218 g/mol. The summed E-state index contributed by atoms with van der Waals surface area (Å²) < 4.78 is 5.14. The zero-order valence-electron chi connectivity index (χ0n) is 9.98. The van der Waals surface area contributed by atoms with Crippen molar-refractivity contribution in [1.82, 2.24) is 4.90 Å². The van der Waals surface area contributed by atoms with E-state index in [9.17, 15) is 4.79 Å². The van der Waals surface area contributed by atoms with E-state index in [1.165, 1.54) is 0 Å². The third-order valence-corrected chi connectivity index (χ3v) is 3.08. The fraction of sp³-hybridized carbons (Fsp3) is 0.462. The molecule has 0 unspecified atom stereocenters. The molecule has 1 heterocycles. The standard InChI is InChI=1S/C13H17NO3/c1-17-11-5-4-10-3-2-6-14(7-8-15)13(16)12(10)9-11/h4-5,9,15H,2-3,6-8H2,1H3. The van der Waals surface area contributed by atoms with E-state index < -0.39 is 0 Å². The summed E-state index contributed by atoms with van der Waals surface area (Å²) >= 11 is 0. The number of amides is 1. The number of fused-ring (bicyclic) bond motifs is 1. The Bertz CT molecular complexity index is 417. The van der Waals surface area contributed by atoms with Gasteiger partial charge in [0.1, 0.15) is 5.75 Å². The second-order valence-corrected chi connectivity index (χ2v) is 4.14. The third-order valence-electron chi connectivity index (χ3n) is 3.08. The first-order valence-corrected chi connectivity index (χ1v) is 5.83. The van der Waals surface area contributed by atoms with Crippen LogP contribution in [0.2, 0.25) is 0 Å². The lowest BCUT2D eigenvalue weighted by Crippen LogP contribution is -2.33. The number of methoxy groups -OCH3 is 1. The monoisotopic (exact) mass is 235 g/mol. The van der Waals surface area contributed by atoms with Gasteiger partial charge in [0, 0.05) is 18.7 Å². The first kappa shape index (κ1) is 11.9. The van der Waals surface area contributed by atoms with Crippen molar-refractivity contribution in [2.24, 2.45) is 0 Å². The minimum Gasteiger partial charge on any atom is -0.497 e. The van der Waals surface area contributed by atoms with Gasteiger partial charge in [0.15, 0.2) is 0 Å². The normalized spacial score (nSPS) is 15.4.